The van der Waals surface area contributed by atoms with E-state index in [0.717, 1.165) is 30.0 Å². The first-order valence-corrected chi connectivity index (χ1v) is 11.4. The molecule has 3 nitrogen and oxygen atoms in total. The summed E-state index contributed by atoms with van der Waals surface area (Å²) in [5.74, 6) is 1.63. The van der Waals surface area contributed by atoms with Gasteiger partial charge in [0.05, 0.1) is 0 Å². The minimum atomic E-state index is 0.579. The van der Waals surface area contributed by atoms with E-state index in [0.29, 0.717) is 6.61 Å². The van der Waals surface area contributed by atoms with E-state index in [1.165, 1.54) is 55.2 Å². The van der Waals surface area contributed by atoms with Crippen molar-refractivity contribution in [3.05, 3.63) is 77.6 Å². The summed E-state index contributed by atoms with van der Waals surface area (Å²) in [5, 5.41) is 0. The maximum absolute atomic E-state index is 5.93. The predicted molar refractivity (Wildman–Crippen MR) is 125 cm³/mol. The van der Waals surface area contributed by atoms with Gasteiger partial charge in [-0.05, 0) is 60.2 Å². The maximum atomic E-state index is 5.93. The Morgan fingerprint density at radius 3 is 1.97 bits per heavy atom. The number of hydrogen-bond acceptors (Lipinski definition) is 3. The Bertz CT molecular complexity index is 855. The molecular formula is C27H34N2O. The Kier molecular flexibility index (Phi) is 8.89. The fraction of sp³-hybridized carbons (Fsp3) is 0.407. The van der Waals surface area contributed by atoms with E-state index in [9.17, 15) is 0 Å². The Morgan fingerprint density at radius 2 is 1.30 bits per heavy atom. The van der Waals surface area contributed by atoms with E-state index in [2.05, 4.69) is 48.1 Å². The van der Waals surface area contributed by atoms with Crippen molar-refractivity contribution in [3.63, 3.8) is 0 Å². The van der Waals surface area contributed by atoms with Gasteiger partial charge >= 0.3 is 0 Å². The largest absolute Gasteiger partial charge is 0.489 e. The van der Waals surface area contributed by atoms with Crippen molar-refractivity contribution < 1.29 is 4.74 Å². The molecule has 1 aromatic heterocycles. The van der Waals surface area contributed by atoms with Crippen molar-refractivity contribution >= 4 is 0 Å². The zero-order valence-corrected chi connectivity index (χ0v) is 18.4. The molecule has 0 N–H and O–H groups in total. The number of ether oxygens (including phenoxy) is 1. The van der Waals surface area contributed by atoms with E-state index >= 15 is 0 Å². The molecule has 0 saturated carbocycles. The van der Waals surface area contributed by atoms with Crippen LogP contribution in [0.2, 0.25) is 0 Å². The first kappa shape index (κ1) is 22.0. The van der Waals surface area contributed by atoms with Crippen molar-refractivity contribution in [1.29, 1.82) is 0 Å². The number of hydrogen-bond donors (Lipinski definition) is 0. The first-order valence-electron chi connectivity index (χ1n) is 11.4. The molecule has 0 aliphatic rings. The Hall–Kier alpha value is -2.68. The van der Waals surface area contributed by atoms with Crippen LogP contribution in [-0.2, 0) is 19.4 Å². The van der Waals surface area contributed by atoms with Gasteiger partial charge in [0.25, 0.3) is 0 Å². The third-order valence-electron chi connectivity index (χ3n) is 5.35. The number of aromatic nitrogens is 2. The SMILES string of the molecule is CCCCCCCc1cnc(-c2ccc(OCc3ccc(CCC)cc3)cc2)nc1. The van der Waals surface area contributed by atoms with E-state index in [1.807, 2.05) is 36.7 Å². The quantitative estimate of drug-likeness (QED) is 0.301. The fourth-order valence-electron chi connectivity index (χ4n) is 3.52. The molecular weight excluding hydrogens is 368 g/mol. The highest BCUT2D eigenvalue weighted by molar-refractivity contribution is 5.55. The lowest BCUT2D eigenvalue weighted by atomic mass is 10.1. The van der Waals surface area contributed by atoms with Crippen molar-refractivity contribution in [2.75, 3.05) is 0 Å². The molecule has 0 saturated heterocycles. The smallest absolute Gasteiger partial charge is 0.159 e. The molecule has 0 amide bonds. The van der Waals surface area contributed by atoms with Gasteiger partial charge in [0, 0.05) is 18.0 Å². The van der Waals surface area contributed by atoms with Crippen molar-refractivity contribution in [2.45, 2.75) is 71.8 Å². The van der Waals surface area contributed by atoms with Crippen LogP contribution in [0.15, 0.2) is 60.9 Å². The molecule has 158 valence electrons. The summed E-state index contributed by atoms with van der Waals surface area (Å²) >= 11 is 0. The van der Waals surface area contributed by atoms with Gasteiger partial charge in [-0.3, -0.25) is 0 Å². The van der Waals surface area contributed by atoms with Gasteiger partial charge in [0.1, 0.15) is 12.4 Å². The standard InChI is InChI=1S/C27H34N2O/c1-3-5-6-7-8-10-24-19-28-27(29-20-24)25-15-17-26(18-16-25)30-21-23-13-11-22(9-4-2)12-14-23/h11-20H,3-10,21H2,1-2H3. The van der Waals surface area contributed by atoms with Gasteiger partial charge in [0.15, 0.2) is 5.82 Å². The molecule has 0 radical (unpaired) electrons. The fourth-order valence-corrected chi connectivity index (χ4v) is 3.52. The zero-order valence-electron chi connectivity index (χ0n) is 18.4. The van der Waals surface area contributed by atoms with E-state index in [1.54, 1.807) is 0 Å². The normalized spacial score (nSPS) is 10.9. The summed E-state index contributed by atoms with van der Waals surface area (Å²) in [7, 11) is 0. The molecule has 0 bridgehead atoms. The number of aryl methyl sites for hydroxylation is 2. The van der Waals surface area contributed by atoms with Gasteiger partial charge in [-0.25, -0.2) is 9.97 Å². The van der Waals surface area contributed by atoms with Crippen LogP contribution >= 0.6 is 0 Å². The molecule has 0 atom stereocenters. The van der Waals surface area contributed by atoms with Crippen molar-refractivity contribution in [2.24, 2.45) is 0 Å². The molecule has 3 rings (SSSR count). The predicted octanol–water partition coefficient (Wildman–Crippen LogP) is 7.19. The van der Waals surface area contributed by atoms with Crippen LogP contribution in [0.3, 0.4) is 0 Å². The number of nitrogens with zero attached hydrogens (tertiary/aromatic N) is 2. The highest BCUT2D eigenvalue weighted by Gasteiger charge is 2.03. The lowest BCUT2D eigenvalue weighted by molar-refractivity contribution is 0.306. The van der Waals surface area contributed by atoms with Crippen LogP contribution in [-0.4, -0.2) is 9.97 Å². The van der Waals surface area contributed by atoms with Crippen LogP contribution in [0.25, 0.3) is 11.4 Å². The highest BCUT2D eigenvalue weighted by atomic mass is 16.5. The third-order valence-corrected chi connectivity index (χ3v) is 5.35. The van der Waals surface area contributed by atoms with E-state index < -0.39 is 0 Å². The molecule has 0 aliphatic heterocycles. The number of rotatable bonds is 12. The summed E-state index contributed by atoms with van der Waals surface area (Å²) in [5.41, 5.74) is 4.81. The minimum Gasteiger partial charge on any atom is -0.489 e. The van der Waals surface area contributed by atoms with Gasteiger partial charge in [-0.2, -0.15) is 0 Å². The summed E-state index contributed by atoms with van der Waals surface area (Å²) in [4.78, 5) is 9.12. The van der Waals surface area contributed by atoms with Crippen LogP contribution in [0.5, 0.6) is 5.75 Å². The molecule has 2 aromatic carbocycles. The average Bonchev–Trinajstić information content (AvgIpc) is 2.79. The third kappa shape index (κ3) is 6.98. The Balaban J connectivity index is 1.48. The van der Waals surface area contributed by atoms with Crippen molar-refractivity contribution in [1.82, 2.24) is 9.97 Å². The zero-order chi connectivity index (χ0) is 21.0. The molecule has 0 unspecified atom stereocenters. The second kappa shape index (κ2) is 12.1. The lowest BCUT2D eigenvalue weighted by Crippen LogP contribution is -1.96. The van der Waals surface area contributed by atoms with E-state index in [4.69, 9.17) is 4.74 Å². The van der Waals surface area contributed by atoms with Crippen molar-refractivity contribution in [3.8, 4) is 17.1 Å². The van der Waals surface area contributed by atoms with Crippen LogP contribution < -0.4 is 4.74 Å². The summed E-state index contributed by atoms with van der Waals surface area (Å²) in [6, 6.07) is 16.7. The first-order chi connectivity index (χ1) is 14.8. The van der Waals surface area contributed by atoms with Crippen LogP contribution in [0.4, 0.5) is 0 Å². The molecule has 0 spiro atoms. The second-order valence-corrected chi connectivity index (χ2v) is 7.96. The molecule has 0 fully saturated rings. The average molecular weight is 403 g/mol. The molecule has 3 aromatic rings. The number of benzene rings is 2. The topological polar surface area (TPSA) is 35.0 Å². The van der Waals surface area contributed by atoms with Gasteiger partial charge in [-0.1, -0.05) is 70.2 Å². The highest BCUT2D eigenvalue weighted by Crippen LogP contribution is 2.20. The summed E-state index contributed by atoms with van der Waals surface area (Å²) < 4.78 is 5.93. The monoisotopic (exact) mass is 402 g/mol. The van der Waals surface area contributed by atoms with Gasteiger partial charge in [0.2, 0.25) is 0 Å². The van der Waals surface area contributed by atoms with Crippen LogP contribution in [0, 0.1) is 0 Å². The lowest BCUT2D eigenvalue weighted by Gasteiger charge is -2.08. The molecule has 3 heteroatoms. The summed E-state index contributed by atoms with van der Waals surface area (Å²) in [6.07, 6.45) is 13.8. The second-order valence-electron chi connectivity index (χ2n) is 7.96. The molecule has 1 heterocycles. The summed E-state index contributed by atoms with van der Waals surface area (Å²) in [6.45, 7) is 5.03. The van der Waals surface area contributed by atoms with E-state index in [-0.39, 0.29) is 0 Å². The molecule has 0 aliphatic carbocycles. The van der Waals surface area contributed by atoms with Gasteiger partial charge in [-0.15, -0.1) is 0 Å². The Morgan fingerprint density at radius 1 is 0.633 bits per heavy atom. The Labute approximate surface area is 181 Å². The van der Waals surface area contributed by atoms with Gasteiger partial charge < -0.3 is 4.74 Å². The molecule has 30 heavy (non-hydrogen) atoms. The van der Waals surface area contributed by atoms with Crippen LogP contribution in [0.1, 0.15) is 69.1 Å². The minimum absolute atomic E-state index is 0.579. The maximum Gasteiger partial charge on any atom is 0.159 e. The number of unbranched alkanes of at least 4 members (excludes halogenated alkanes) is 4.